The molecule has 26 heavy (non-hydrogen) atoms. The number of aromatic hydroxyl groups is 2. The van der Waals surface area contributed by atoms with Crippen LogP contribution >= 0.6 is 23.4 Å². The Hall–Kier alpha value is -2.44. The van der Waals surface area contributed by atoms with E-state index in [4.69, 9.17) is 11.6 Å². The topological polar surface area (TPSA) is 70.6 Å². The van der Waals surface area contributed by atoms with Crippen molar-refractivity contribution in [2.24, 2.45) is 4.99 Å². The molecule has 1 aliphatic rings. The van der Waals surface area contributed by atoms with E-state index in [-0.39, 0.29) is 16.7 Å². The van der Waals surface area contributed by atoms with Gasteiger partial charge in [0, 0.05) is 10.6 Å². The third kappa shape index (κ3) is 3.06. The van der Waals surface area contributed by atoms with Crippen molar-refractivity contribution < 1.29 is 10.2 Å². The van der Waals surface area contributed by atoms with Gasteiger partial charge in [-0.15, -0.1) is 0 Å². The number of phenols is 2. The lowest BCUT2D eigenvalue weighted by Gasteiger charge is -2.21. The summed E-state index contributed by atoms with van der Waals surface area (Å²) in [7, 11) is 0. The van der Waals surface area contributed by atoms with Gasteiger partial charge in [-0.1, -0.05) is 47.6 Å². The highest BCUT2D eigenvalue weighted by Crippen LogP contribution is 2.46. The van der Waals surface area contributed by atoms with Gasteiger partial charge in [0.25, 0.3) is 0 Å². The number of aromatic nitrogens is 2. The highest BCUT2D eigenvalue weighted by Gasteiger charge is 2.27. The summed E-state index contributed by atoms with van der Waals surface area (Å²) < 4.78 is 1.84. The molecule has 2 N–H and O–H groups in total. The first-order valence-electron chi connectivity index (χ1n) is 8.06. The number of aliphatic imine (C=N–C) groups is 1. The maximum Gasteiger partial charge on any atom is 0.157 e. The summed E-state index contributed by atoms with van der Waals surface area (Å²) in [5.41, 5.74) is 2.83. The Morgan fingerprint density at radius 1 is 1.15 bits per heavy atom. The van der Waals surface area contributed by atoms with Gasteiger partial charge in [0.2, 0.25) is 0 Å². The summed E-state index contributed by atoms with van der Waals surface area (Å²) >= 11 is 7.87. The number of rotatable bonds is 3. The predicted octanol–water partition coefficient (Wildman–Crippen LogP) is 4.88. The first-order valence-corrected chi connectivity index (χ1v) is 9.31. The van der Waals surface area contributed by atoms with Crippen LogP contribution in [0.5, 0.6) is 11.5 Å². The van der Waals surface area contributed by atoms with Gasteiger partial charge in [0.15, 0.2) is 17.3 Å². The van der Waals surface area contributed by atoms with Crippen LogP contribution in [0.2, 0.25) is 5.02 Å². The Kier molecular flexibility index (Phi) is 4.38. The Bertz CT molecular complexity index is 1020. The van der Waals surface area contributed by atoms with Gasteiger partial charge in [-0.05, 0) is 36.2 Å². The van der Waals surface area contributed by atoms with Crippen LogP contribution in [-0.2, 0) is 6.54 Å². The van der Waals surface area contributed by atoms with Gasteiger partial charge in [0.1, 0.15) is 0 Å². The molecular weight excluding hydrogens is 370 g/mol. The zero-order chi connectivity index (χ0) is 18.3. The minimum absolute atomic E-state index is 0.0472. The molecule has 0 radical (unpaired) electrons. The first-order chi connectivity index (χ1) is 12.5. The van der Waals surface area contributed by atoms with Crippen molar-refractivity contribution in [3.8, 4) is 11.5 Å². The average Bonchev–Trinajstić information content (AvgIpc) is 3.01. The molecule has 2 heterocycles. The zero-order valence-corrected chi connectivity index (χ0v) is 15.5. The van der Waals surface area contributed by atoms with Crippen LogP contribution in [0, 0.1) is 0 Å². The molecule has 1 atom stereocenters. The first kappa shape index (κ1) is 17.0. The molecule has 0 saturated carbocycles. The standard InChI is InChI=1S/C19H16ClN3O2S/c1-11-22-19-14(18(26-11)12-6-7-16(24)17(25)8-12)9-21-23(19)10-13-4-2-3-5-15(13)20/h2-9,18,24-25H,10H2,1H3/t18-/m1/s1. The highest BCUT2D eigenvalue weighted by molar-refractivity contribution is 8.14. The number of fused-ring (bicyclic) bond motifs is 1. The molecule has 7 heteroatoms. The van der Waals surface area contributed by atoms with E-state index in [2.05, 4.69) is 10.1 Å². The Morgan fingerprint density at radius 3 is 2.73 bits per heavy atom. The van der Waals surface area contributed by atoms with Crippen molar-refractivity contribution in [1.29, 1.82) is 0 Å². The van der Waals surface area contributed by atoms with E-state index in [0.29, 0.717) is 11.6 Å². The van der Waals surface area contributed by atoms with Crippen molar-refractivity contribution in [1.82, 2.24) is 9.78 Å². The van der Waals surface area contributed by atoms with Gasteiger partial charge in [0.05, 0.1) is 23.0 Å². The maximum absolute atomic E-state index is 9.85. The molecular formula is C19H16ClN3O2S. The van der Waals surface area contributed by atoms with Crippen LogP contribution in [0.4, 0.5) is 5.82 Å². The molecule has 132 valence electrons. The lowest BCUT2D eigenvalue weighted by molar-refractivity contribution is 0.403. The molecule has 0 unspecified atom stereocenters. The quantitative estimate of drug-likeness (QED) is 0.630. The van der Waals surface area contributed by atoms with Gasteiger partial charge < -0.3 is 10.2 Å². The molecule has 1 aliphatic heterocycles. The van der Waals surface area contributed by atoms with Gasteiger partial charge in [-0.25, -0.2) is 9.67 Å². The summed E-state index contributed by atoms with van der Waals surface area (Å²) in [6.45, 7) is 2.48. The van der Waals surface area contributed by atoms with Crippen molar-refractivity contribution in [2.45, 2.75) is 18.7 Å². The molecule has 0 aliphatic carbocycles. The smallest absolute Gasteiger partial charge is 0.157 e. The van der Waals surface area contributed by atoms with Crippen LogP contribution in [0.25, 0.3) is 0 Å². The summed E-state index contributed by atoms with van der Waals surface area (Å²) in [5, 5.41) is 25.5. The molecule has 0 amide bonds. The van der Waals surface area contributed by atoms with E-state index in [1.807, 2.05) is 42.1 Å². The maximum atomic E-state index is 9.85. The monoisotopic (exact) mass is 385 g/mol. The molecule has 0 fully saturated rings. The van der Waals surface area contributed by atoms with Gasteiger partial charge >= 0.3 is 0 Å². The third-order valence-corrected chi connectivity index (χ3v) is 5.82. The van der Waals surface area contributed by atoms with E-state index in [1.54, 1.807) is 23.9 Å². The molecule has 0 saturated heterocycles. The number of halogens is 1. The molecule has 0 bridgehead atoms. The Labute approximate surface area is 160 Å². The van der Waals surface area contributed by atoms with Crippen molar-refractivity contribution >= 4 is 34.2 Å². The fourth-order valence-corrected chi connectivity index (χ4v) is 4.22. The van der Waals surface area contributed by atoms with E-state index >= 15 is 0 Å². The number of benzene rings is 2. The van der Waals surface area contributed by atoms with Crippen LogP contribution in [0.15, 0.2) is 53.7 Å². The number of thioether (sulfide) groups is 1. The molecule has 5 nitrogen and oxygen atoms in total. The van der Waals surface area contributed by atoms with Gasteiger partial charge in [-0.3, -0.25) is 0 Å². The summed E-state index contributed by atoms with van der Waals surface area (Å²) in [6.07, 6.45) is 1.81. The Balaban J connectivity index is 1.74. The summed E-state index contributed by atoms with van der Waals surface area (Å²) in [5.74, 6) is 0.529. The normalized spacial score (nSPS) is 16.2. The van der Waals surface area contributed by atoms with Crippen molar-refractivity contribution in [3.63, 3.8) is 0 Å². The van der Waals surface area contributed by atoms with Crippen LogP contribution < -0.4 is 0 Å². The summed E-state index contributed by atoms with van der Waals surface area (Å²) in [6, 6.07) is 12.6. The highest BCUT2D eigenvalue weighted by atomic mass is 35.5. The fraction of sp³-hybridized carbons (Fsp3) is 0.158. The van der Waals surface area contributed by atoms with E-state index in [0.717, 1.165) is 27.6 Å². The van der Waals surface area contributed by atoms with Crippen molar-refractivity contribution in [2.75, 3.05) is 0 Å². The number of phenolic OH excluding ortho intramolecular Hbond substituents is 2. The summed E-state index contributed by atoms with van der Waals surface area (Å²) in [4.78, 5) is 4.67. The third-order valence-electron chi connectivity index (χ3n) is 4.25. The number of hydrogen-bond donors (Lipinski definition) is 2. The fourth-order valence-electron chi connectivity index (χ4n) is 2.96. The average molecular weight is 386 g/mol. The van der Waals surface area contributed by atoms with E-state index < -0.39 is 0 Å². The lowest BCUT2D eigenvalue weighted by atomic mass is 10.1. The zero-order valence-electron chi connectivity index (χ0n) is 13.9. The number of hydrogen-bond acceptors (Lipinski definition) is 5. The molecule has 3 aromatic rings. The predicted molar refractivity (Wildman–Crippen MR) is 105 cm³/mol. The minimum atomic E-state index is -0.131. The van der Waals surface area contributed by atoms with Gasteiger partial charge in [-0.2, -0.15) is 5.10 Å². The molecule has 0 spiro atoms. The second-order valence-electron chi connectivity index (χ2n) is 6.05. The van der Waals surface area contributed by atoms with Crippen LogP contribution in [0.3, 0.4) is 0 Å². The SMILES string of the molecule is CC1=Nc2c(cnn2Cc2ccccc2Cl)[C@@H](c2ccc(O)c(O)c2)S1. The molecule has 4 rings (SSSR count). The molecule has 2 aromatic carbocycles. The molecule has 1 aromatic heterocycles. The van der Waals surface area contributed by atoms with E-state index in [9.17, 15) is 10.2 Å². The minimum Gasteiger partial charge on any atom is -0.504 e. The number of nitrogens with zero attached hydrogens (tertiary/aromatic N) is 3. The second-order valence-corrected chi connectivity index (χ2v) is 7.75. The Morgan fingerprint density at radius 2 is 1.96 bits per heavy atom. The second kappa shape index (κ2) is 6.70. The van der Waals surface area contributed by atoms with Crippen molar-refractivity contribution in [3.05, 3.63) is 70.4 Å². The lowest BCUT2D eigenvalue weighted by Crippen LogP contribution is -2.07. The van der Waals surface area contributed by atoms with Crippen LogP contribution in [-0.4, -0.2) is 25.0 Å². The largest absolute Gasteiger partial charge is 0.504 e. The van der Waals surface area contributed by atoms with E-state index in [1.165, 1.54) is 6.07 Å². The van der Waals surface area contributed by atoms with Crippen LogP contribution in [0.1, 0.15) is 28.9 Å².